The second-order valence-electron chi connectivity index (χ2n) is 4.15. The van der Waals surface area contributed by atoms with Gasteiger partial charge in [-0.1, -0.05) is 23.7 Å². The van der Waals surface area contributed by atoms with Crippen LogP contribution in [0.15, 0.2) is 29.3 Å². The summed E-state index contributed by atoms with van der Waals surface area (Å²) in [6.45, 7) is 1.81. The number of aliphatic imine (C=N–C) groups is 1. The van der Waals surface area contributed by atoms with E-state index in [1.165, 1.54) is 11.3 Å². The molecule has 2 N–H and O–H groups in total. The molecule has 3 nitrogen and oxygen atoms in total. The Morgan fingerprint density at radius 2 is 2.05 bits per heavy atom. The highest BCUT2D eigenvalue weighted by molar-refractivity contribution is 14.0. The van der Waals surface area contributed by atoms with Gasteiger partial charge in [-0.2, -0.15) is 11.8 Å². The second kappa shape index (κ2) is 12.6. The van der Waals surface area contributed by atoms with E-state index in [-0.39, 0.29) is 24.0 Å². The zero-order valence-corrected chi connectivity index (χ0v) is 15.9. The Balaban J connectivity index is 0.00000361. The molecule has 0 bridgehead atoms. The van der Waals surface area contributed by atoms with Gasteiger partial charge in [-0.05, 0) is 42.5 Å². The van der Waals surface area contributed by atoms with Crippen molar-refractivity contribution in [1.82, 2.24) is 10.6 Å². The molecule has 1 aromatic carbocycles. The van der Waals surface area contributed by atoms with Gasteiger partial charge in [0.15, 0.2) is 5.96 Å². The van der Waals surface area contributed by atoms with Crippen molar-refractivity contribution in [3.05, 3.63) is 34.9 Å². The van der Waals surface area contributed by atoms with Crippen LogP contribution in [0, 0.1) is 0 Å². The summed E-state index contributed by atoms with van der Waals surface area (Å²) >= 11 is 7.82. The molecule has 0 aliphatic heterocycles. The minimum absolute atomic E-state index is 0. The summed E-state index contributed by atoms with van der Waals surface area (Å²) in [6.07, 6.45) is 4.21. The number of guanidine groups is 1. The van der Waals surface area contributed by atoms with E-state index in [0.717, 1.165) is 36.9 Å². The van der Waals surface area contributed by atoms with E-state index < -0.39 is 0 Å². The molecule has 0 fully saturated rings. The van der Waals surface area contributed by atoms with Crippen molar-refractivity contribution < 1.29 is 0 Å². The smallest absolute Gasteiger partial charge is 0.190 e. The van der Waals surface area contributed by atoms with Crippen LogP contribution >= 0.6 is 47.3 Å². The molecule has 1 rings (SSSR count). The lowest BCUT2D eigenvalue weighted by Crippen LogP contribution is -2.38. The zero-order valence-electron chi connectivity index (χ0n) is 12.0. The maximum Gasteiger partial charge on any atom is 0.190 e. The van der Waals surface area contributed by atoms with Gasteiger partial charge >= 0.3 is 0 Å². The molecular weight excluding hydrogens is 405 g/mol. The molecule has 0 aliphatic carbocycles. The standard InChI is InChI=1S/C14H22ClN3S.HI/c1-16-14(17-8-4-10-19-2)18-9-7-12-5-3-6-13(15)11-12;/h3,5-6,11H,4,7-10H2,1-2H3,(H2,16,17,18);1H. The van der Waals surface area contributed by atoms with Crippen molar-refractivity contribution in [2.24, 2.45) is 4.99 Å². The summed E-state index contributed by atoms with van der Waals surface area (Å²) in [4.78, 5) is 4.20. The Morgan fingerprint density at radius 1 is 1.30 bits per heavy atom. The number of rotatable bonds is 7. The van der Waals surface area contributed by atoms with Gasteiger partial charge in [0.2, 0.25) is 0 Å². The lowest BCUT2D eigenvalue weighted by molar-refractivity contribution is 0.777. The number of thioether (sulfide) groups is 1. The monoisotopic (exact) mass is 427 g/mol. The van der Waals surface area contributed by atoms with Crippen LogP contribution in [0.2, 0.25) is 5.02 Å². The molecule has 0 aromatic heterocycles. The van der Waals surface area contributed by atoms with Crippen molar-refractivity contribution >= 4 is 53.3 Å². The minimum atomic E-state index is 0. The fourth-order valence-corrected chi connectivity index (χ4v) is 2.31. The normalized spacial score (nSPS) is 10.8. The average Bonchev–Trinajstić information content (AvgIpc) is 2.41. The third-order valence-electron chi connectivity index (χ3n) is 2.64. The first-order valence-electron chi connectivity index (χ1n) is 6.44. The van der Waals surface area contributed by atoms with E-state index in [1.54, 1.807) is 7.05 Å². The highest BCUT2D eigenvalue weighted by atomic mass is 127. The van der Waals surface area contributed by atoms with Gasteiger partial charge in [-0.25, -0.2) is 0 Å². The van der Waals surface area contributed by atoms with Crippen molar-refractivity contribution in [2.75, 3.05) is 32.1 Å². The topological polar surface area (TPSA) is 36.4 Å². The van der Waals surface area contributed by atoms with E-state index in [9.17, 15) is 0 Å². The van der Waals surface area contributed by atoms with Crippen LogP contribution in [0.1, 0.15) is 12.0 Å². The average molecular weight is 428 g/mol. The van der Waals surface area contributed by atoms with Crippen LogP contribution in [0.25, 0.3) is 0 Å². The van der Waals surface area contributed by atoms with Crippen molar-refractivity contribution in [3.8, 4) is 0 Å². The molecule has 0 radical (unpaired) electrons. The molecule has 6 heteroatoms. The fraction of sp³-hybridized carbons (Fsp3) is 0.500. The van der Waals surface area contributed by atoms with Gasteiger partial charge in [0.25, 0.3) is 0 Å². The van der Waals surface area contributed by atoms with Crippen LogP contribution in [0.5, 0.6) is 0 Å². The van der Waals surface area contributed by atoms with E-state index in [4.69, 9.17) is 11.6 Å². The molecule has 0 saturated heterocycles. The Hall–Kier alpha value is -0.140. The molecule has 0 aliphatic rings. The van der Waals surface area contributed by atoms with E-state index in [1.807, 2.05) is 30.0 Å². The lowest BCUT2D eigenvalue weighted by atomic mass is 10.1. The van der Waals surface area contributed by atoms with Crippen molar-refractivity contribution in [1.29, 1.82) is 0 Å². The summed E-state index contributed by atoms with van der Waals surface area (Å²) in [6, 6.07) is 7.96. The van der Waals surface area contributed by atoms with Crippen LogP contribution in [-0.4, -0.2) is 38.1 Å². The highest BCUT2D eigenvalue weighted by Crippen LogP contribution is 2.10. The summed E-state index contributed by atoms with van der Waals surface area (Å²) in [5.41, 5.74) is 1.23. The third kappa shape index (κ3) is 8.92. The quantitative estimate of drug-likeness (QED) is 0.303. The summed E-state index contributed by atoms with van der Waals surface area (Å²) in [7, 11) is 1.79. The number of nitrogens with zero attached hydrogens (tertiary/aromatic N) is 1. The number of hydrogen-bond donors (Lipinski definition) is 2. The number of nitrogens with one attached hydrogen (secondary N) is 2. The summed E-state index contributed by atoms with van der Waals surface area (Å²) in [5, 5.41) is 7.39. The number of hydrogen-bond acceptors (Lipinski definition) is 2. The van der Waals surface area contributed by atoms with Gasteiger partial charge in [0, 0.05) is 25.2 Å². The third-order valence-corrected chi connectivity index (χ3v) is 3.57. The first-order valence-corrected chi connectivity index (χ1v) is 8.21. The van der Waals surface area contributed by atoms with Crippen LogP contribution in [0.4, 0.5) is 0 Å². The first-order chi connectivity index (χ1) is 9.26. The van der Waals surface area contributed by atoms with Crippen LogP contribution in [-0.2, 0) is 6.42 Å². The minimum Gasteiger partial charge on any atom is -0.356 e. The SMILES string of the molecule is CN=C(NCCCSC)NCCc1cccc(Cl)c1.I. The molecule has 1 aromatic rings. The predicted molar refractivity (Wildman–Crippen MR) is 103 cm³/mol. The van der Waals surface area contributed by atoms with Gasteiger partial charge < -0.3 is 10.6 Å². The lowest BCUT2D eigenvalue weighted by Gasteiger charge is -2.11. The Labute approximate surface area is 148 Å². The van der Waals surface area contributed by atoms with E-state index in [2.05, 4.69) is 27.9 Å². The van der Waals surface area contributed by atoms with Gasteiger partial charge in [0.1, 0.15) is 0 Å². The fourth-order valence-electron chi connectivity index (χ4n) is 1.66. The van der Waals surface area contributed by atoms with Crippen LogP contribution in [0.3, 0.4) is 0 Å². The van der Waals surface area contributed by atoms with Gasteiger partial charge in [0.05, 0.1) is 0 Å². The number of halogens is 2. The predicted octanol–water partition coefficient (Wildman–Crippen LogP) is 3.42. The van der Waals surface area contributed by atoms with Gasteiger partial charge in [-0.15, -0.1) is 24.0 Å². The van der Waals surface area contributed by atoms with Gasteiger partial charge in [-0.3, -0.25) is 4.99 Å². The Kier molecular flexibility index (Phi) is 12.5. The van der Waals surface area contributed by atoms with E-state index >= 15 is 0 Å². The molecule has 0 atom stereocenters. The Bertz CT molecular complexity index is 402. The van der Waals surface area contributed by atoms with Crippen LogP contribution < -0.4 is 10.6 Å². The molecule has 0 heterocycles. The molecule has 0 amide bonds. The molecular formula is C14H23ClIN3S. The molecule has 114 valence electrons. The Morgan fingerprint density at radius 3 is 2.70 bits per heavy atom. The summed E-state index contributed by atoms with van der Waals surface area (Å²) in [5.74, 6) is 2.04. The molecule has 0 unspecified atom stereocenters. The van der Waals surface area contributed by atoms with Crippen molar-refractivity contribution in [2.45, 2.75) is 12.8 Å². The number of benzene rings is 1. The zero-order chi connectivity index (χ0) is 13.9. The molecule has 0 saturated carbocycles. The summed E-state index contributed by atoms with van der Waals surface area (Å²) < 4.78 is 0. The van der Waals surface area contributed by atoms with E-state index in [0.29, 0.717) is 0 Å². The molecule has 0 spiro atoms. The highest BCUT2D eigenvalue weighted by Gasteiger charge is 1.98. The second-order valence-corrected chi connectivity index (χ2v) is 5.57. The molecule has 20 heavy (non-hydrogen) atoms. The largest absolute Gasteiger partial charge is 0.356 e. The van der Waals surface area contributed by atoms with Crippen molar-refractivity contribution in [3.63, 3.8) is 0 Å². The maximum absolute atomic E-state index is 5.95. The maximum atomic E-state index is 5.95. The first kappa shape index (κ1) is 19.9.